The highest BCUT2D eigenvalue weighted by atomic mass is 32.2. The van der Waals surface area contributed by atoms with Gasteiger partial charge in [0.15, 0.2) is 5.82 Å². The van der Waals surface area contributed by atoms with Crippen molar-refractivity contribution in [2.75, 3.05) is 4.90 Å². The zero-order valence-corrected chi connectivity index (χ0v) is 16.2. The molecular formula is C24H16N4S. The summed E-state index contributed by atoms with van der Waals surface area (Å²) in [5, 5.41) is 13.0. The number of anilines is 1. The van der Waals surface area contributed by atoms with Gasteiger partial charge in [0, 0.05) is 11.1 Å². The first-order chi connectivity index (χ1) is 14.3. The van der Waals surface area contributed by atoms with Crippen molar-refractivity contribution in [1.82, 2.24) is 9.97 Å². The minimum Gasteiger partial charge on any atom is -0.337 e. The zero-order chi connectivity index (χ0) is 19.6. The number of nitrogens with one attached hydrogen (secondary N) is 1. The number of para-hydroxylation sites is 3. The predicted octanol–water partition coefficient (Wildman–Crippen LogP) is 6.01. The van der Waals surface area contributed by atoms with E-state index in [1.807, 2.05) is 60.7 Å². The Morgan fingerprint density at radius 2 is 1.59 bits per heavy atom. The first-order valence-corrected chi connectivity index (χ1v) is 10.1. The van der Waals surface area contributed by atoms with E-state index >= 15 is 0 Å². The van der Waals surface area contributed by atoms with Gasteiger partial charge in [0.05, 0.1) is 16.7 Å². The van der Waals surface area contributed by atoms with Crippen LogP contribution < -0.4 is 4.90 Å². The fourth-order valence-electron chi connectivity index (χ4n) is 3.41. The van der Waals surface area contributed by atoms with Crippen molar-refractivity contribution in [3.8, 4) is 6.07 Å². The molecule has 0 spiro atoms. The normalized spacial score (nSPS) is 15.3. The van der Waals surface area contributed by atoms with Crippen molar-refractivity contribution in [2.45, 2.75) is 0 Å². The molecule has 1 aromatic heterocycles. The van der Waals surface area contributed by atoms with Gasteiger partial charge in [-0.15, -0.1) is 0 Å². The lowest BCUT2D eigenvalue weighted by molar-refractivity contribution is 1.23. The van der Waals surface area contributed by atoms with Gasteiger partial charge in [0.2, 0.25) is 0 Å². The molecule has 0 bridgehead atoms. The summed E-state index contributed by atoms with van der Waals surface area (Å²) in [6.45, 7) is 0. The van der Waals surface area contributed by atoms with E-state index in [4.69, 9.17) is 0 Å². The average Bonchev–Trinajstić information content (AvgIpc) is 3.40. The molecule has 5 heteroatoms. The topological polar surface area (TPSA) is 55.7 Å². The molecule has 138 valence electrons. The summed E-state index contributed by atoms with van der Waals surface area (Å²) in [6, 6.07) is 30.5. The molecule has 0 atom stereocenters. The van der Waals surface area contributed by atoms with Crippen LogP contribution in [0.1, 0.15) is 11.4 Å². The van der Waals surface area contributed by atoms with E-state index < -0.39 is 0 Å². The molecule has 0 saturated carbocycles. The van der Waals surface area contributed by atoms with E-state index in [9.17, 15) is 5.26 Å². The van der Waals surface area contributed by atoms with Crippen LogP contribution in [-0.2, 0) is 0 Å². The van der Waals surface area contributed by atoms with Crippen LogP contribution in [0.2, 0.25) is 0 Å². The van der Waals surface area contributed by atoms with Gasteiger partial charge in [-0.25, -0.2) is 4.98 Å². The molecule has 4 aromatic rings. The summed E-state index contributed by atoms with van der Waals surface area (Å²) in [5.74, 6) is 0.583. The van der Waals surface area contributed by atoms with E-state index in [2.05, 4.69) is 50.6 Å². The number of thioether (sulfide) groups is 1. The first-order valence-electron chi connectivity index (χ1n) is 9.22. The third-order valence-electron chi connectivity index (χ3n) is 4.76. The maximum atomic E-state index is 10.1. The first kappa shape index (κ1) is 17.4. The molecule has 3 aromatic carbocycles. The molecule has 0 amide bonds. The summed E-state index contributed by atoms with van der Waals surface area (Å²) in [6.07, 6.45) is 0. The number of allylic oxidation sites excluding steroid dienone is 1. The number of nitrogens with zero attached hydrogens (tertiary/aromatic N) is 3. The smallest absolute Gasteiger partial charge is 0.151 e. The Labute approximate surface area is 172 Å². The highest BCUT2D eigenvalue weighted by Crippen LogP contribution is 2.45. The summed E-state index contributed by atoms with van der Waals surface area (Å²) in [7, 11) is 0. The Hall–Kier alpha value is -3.75. The molecule has 0 unspecified atom stereocenters. The number of aromatic amines is 1. The standard InChI is InChI=1S/C24H16N4S/c25-15-19(23-26-20-13-7-8-14-21(20)27-23)24-28(18-11-5-2-6-12-18)22(16-29-24)17-9-3-1-4-10-17/h1-14,16H,(H,26,27). The summed E-state index contributed by atoms with van der Waals surface area (Å²) < 4.78 is 0. The van der Waals surface area contributed by atoms with Crippen LogP contribution in [0, 0.1) is 11.3 Å². The maximum Gasteiger partial charge on any atom is 0.151 e. The van der Waals surface area contributed by atoms with Crippen molar-refractivity contribution in [2.24, 2.45) is 0 Å². The lowest BCUT2D eigenvalue weighted by atomic mass is 10.1. The SMILES string of the molecule is N#CC(=C1SC=C(c2ccccc2)N1c1ccccc1)c1nc2ccccc2[nH]1. The number of imidazole rings is 1. The Bertz CT molecular complexity index is 1250. The number of rotatable bonds is 3. The van der Waals surface area contributed by atoms with Crippen LogP contribution in [0.25, 0.3) is 22.3 Å². The van der Waals surface area contributed by atoms with Gasteiger partial charge in [-0.3, -0.25) is 0 Å². The molecular weight excluding hydrogens is 376 g/mol. The van der Waals surface area contributed by atoms with Crippen molar-refractivity contribution in [3.63, 3.8) is 0 Å². The minimum absolute atomic E-state index is 0.525. The second-order valence-corrected chi connectivity index (χ2v) is 7.41. The van der Waals surface area contributed by atoms with E-state index in [-0.39, 0.29) is 0 Å². The van der Waals surface area contributed by atoms with Gasteiger partial charge in [-0.05, 0) is 29.8 Å². The molecule has 4 nitrogen and oxygen atoms in total. The number of fused-ring (bicyclic) bond motifs is 1. The summed E-state index contributed by atoms with van der Waals surface area (Å²) >= 11 is 1.55. The monoisotopic (exact) mass is 392 g/mol. The summed E-state index contributed by atoms with van der Waals surface area (Å²) in [5.41, 5.74) is 5.44. The fraction of sp³-hybridized carbons (Fsp3) is 0. The lowest BCUT2D eigenvalue weighted by Gasteiger charge is -2.24. The van der Waals surface area contributed by atoms with Crippen molar-refractivity contribution in [1.29, 1.82) is 5.26 Å². The molecule has 29 heavy (non-hydrogen) atoms. The Kier molecular flexibility index (Phi) is 4.39. The summed E-state index contributed by atoms with van der Waals surface area (Å²) in [4.78, 5) is 10.1. The number of benzene rings is 3. The van der Waals surface area contributed by atoms with E-state index in [1.165, 1.54) is 0 Å². The van der Waals surface area contributed by atoms with Gasteiger partial charge in [-0.1, -0.05) is 72.4 Å². The lowest BCUT2D eigenvalue weighted by Crippen LogP contribution is -2.17. The van der Waals surface area contributed by atoms with Crippen LogP contribution in [0.5, 0.6) is 0 Å². The minimum atomic E-state index is 0.525. The Balaban J connectivity index is 1.69. The van der Waals surface area contributed by atoms with Gasteiger partial charge in [0.25, 0.3) is 0 Å². The highest BCUT2D eigenvalue weighted by Gasteiger charge is 2.28. The van der Waals surface area contributed by atoms with Crippen molar-refractivity contribution < 1.29 is 0 Å². The second kappa shape index (κ2) is 7.34. The number of hydrogen-bond donors (Lipinski definition) is 1. The molecule has 0 aliphatic carbocycles. The number of H-pyrrole nitrogens is 1. The molecule has 1 aliphatic heterocycles. The quantitative estimate of drug-likeness (QED) is 0.434. The van der Waals surface area contributed by atoms with Crippen molar-refractivity contribution in [3.05, 3.63) is 107 Å². The zero-order valence-electron chi connectivity index (χ0n) is 15.4. The molecule has 0 fully saturated rings. The Morgan fingerprint density at radius 3 is 2.31 bits per heavy atom. The predicted molar refractivity (Wildman–Crippen MR) is 120 cm³/mol. The van der Waals surface area contributed by atoms with E-state index in [1.54, 1.807) is 11.8 Å². The third kappa shape index (κ3) is 3.10. The van der Waals surface area contributed by atoms with Crippen LogP contribution in [-0.4, -0.2) is 9.97 Å². The highest BCUT2D eigenvalue weighted by molar-refractivity contribution is 8.06. The number of nitriles is 1. The van der Waals surface area contributed by atoms with E-state index in [0.29, 0.717) is 11.4 Å². The van der Waals surface area contributed by atoms with Gasteiger partial charge >= 0.3 is 0 Å². The largest absolute Gasteiger partial charge is 0.337 e. The van der Waals surface area contributed by atoms with Crippen LogP contribution in [0.4, 0.5) is 5.69 Å². The Morgan fingerprint density at radius 1 is 0.897 bits per heavy atom. The maximum absolute atomic E-state index is 10.1. The average molecular weight is 392 g/mol. The molecule has 2 heterocycles. The van der Waals surface area contributed by atoms with Gasteiger partial charge < -0.3 is 9.88 Å². The molecule has 1 aliphatic rings. The van der Waals surface area contributed by atoms with Gasteiger partial charge in [0.1, 0.15) is 16.7 Å². The van der Waals surface area contributed by atoms with Crippen LogP contribution >= 0.6 is 11.8 Å². The van der Waals surface area contributed by atoms with Crippen LogP contribution in [0.15, 0.2) is 95.4 Å². The number of hydrogen-bond acceptors (Lipinski definition) is 4. The van der Waals surface area contributed by atoms with Crippen molar-refractivity contribution >= 4 is 39.8 Å². The molecule has 0 saturated heterocycles. The molecule has 0 radical (unpaired) electrons. The fourth-order valence-corrected chi connectivity index (χ4v) is 4.44. The third-order valence-corrected chi connectivity index (χ3v) is 5.71. The second-order valence-electron chi connectivity index (χ2n) is 6.55. The van der Waals surface area contributed by atoms with E-state index in [0.717, 1.165) is 33.0 Å². The molecule has 5 rings (SSSR count). The van der Waals surface area contributed by atoms with Gasteiger partial charge in [-0.2, -0.15) is 5.26 Å². The number of aromatic nitrogens is 2. The molecule has 1 N–H and O–H groups in total. The van der Waals surface area contributed by atoms with Crippen LogP contribution in [0.3, 0.4) is 0 Å².